The molecule has 0 radical (unpaired) electrons. The predicted molar refractivity (Wildman–Crippen MR) is 89.7 cm³/mol. The van der Waals surface area contributed by atoms with Crippen LogP contribution in [0.15, 0.2) is 12.2 Å². The molecular formula is C17H30N2O4. The van der Waals surface area contributed by atoms with Gasteiger partial charge in [0.25, 0.3) is 0 Å². The van der Waals surface area contributed by atoms with E-state index in [4.69, 9.17) is 10.8 Å². The Morgan fingerprint density at radius 3 is 2.26 bits per heavy atom. The van der Waals surface area contributed by atoms with E-state index in [1.165, 1.54) is 38.2 Å². The van der Waals surface area contributed by atoms with Crippen LogP contribution in [0.1, 0.15) is 71.1 Å². The minimum atomic E-state index is -1.17. The summed E-state index contributed by atoms with van der Waals surface area (Å²) in [7, 11) is 0. The van der Waals surface area contributed by atoms with Gasteiger partial charge in [0.15, 0.2) is 0 Å². The van der Waals surface area contributed by atoms with Crippen molar-refractivity contribution in [1.29, 1.82) is 0 Å². The first kappa shape index (κ1) is 21.1. The molecule has 0 aromatic rings. The number of unbranched alkanes of at least 4 members (excludes halogenated alkanes) is 7. The van der Waals surface area contributed by atoms with E-state index in [1.807, 2.05) is 0 Å². The fourth-order valence-electron chi connectivity index (χ4n) is 2.17. The molecule has 0 bridgehead atoms. The molecule has 0 aromatic carbocycles. The summed E-state index contributed by atoms with van der Waals surface area (Å²) in [6, 6.07) is -1.08. The van der Waals surface area contributed by atoms with E-state index in [9.17, 15) is 14.4 Å². The summed E-state index contributed by atoms with van der Waals surface area (Å²) in [6.07, 6.45) is 12.3. The first-order valence-corrected chi connectivity index (χ1v) is 8.45. The van der Waals surface area contributed by atoms with Crippen LogP contribution in [-0.2, 0) is 14.4 Å². The SMILES string of the molecule is CCCCCCCCC/C=C/C(=O)NC(CCC(N)=O)C(=O)O. The van der Waals surface area contributed by atoms with Gasteiger partial charge in [-0.3, -0.25) is 9.59 Å². The summed E-state index contributed by atoms with van der Waals surface area (Å²) >= 11 is 0. The molecule has 6 nitrogen and oxygen atoms in total. The number of amides is 2. The topological polar surface area (TPSA) is 109 Å². The van der Waals surface area contributed by atoms with Gasteiger partial charge in [-0.05, 0) is 25.3 Å². The van der Waals surface area contributed by atoms with Crippen molar-refractivity contribution in [2.24, 2.45) is 5.73 Å². The van der Waals surface area contributed by atoms with Crippen LogP contribution in [0.25, 0.3) is 0 Å². The summed E-state index contributed by atoms with van der Waals surface area (Å²) in [6.45, 7) is 2.19. The lowest BCUT2D eigenvalue weighted by molar-refractivity contribution is -0.141. The molecule has 4 N–H and O–H groups in total. The molecule has 0 aromatic heterocycles. The van der Waals surface area contributed by atoms with E-state index in [0.29, 0.717) is 0 Å². The number of nitrogens with two attached hydrogens (primary N) is 1. The molecule has 132 valence electrons. The molecule has 23 heavy (non-hydrogen) atoms. The average Bonchev–Trinajstić information content (AvgIpc) is 2.49. The average molecular weight is 326 g/mol. The lowest BCUT2D eigenvalue weighted by atomic mass is 10.1. The van der Waals surface area contributed by atoms with E-state index >= 15 is 0 Å². The molecular weight excluding hydrogens is 296 g/mol. The number of allylic oxidation sites excluding steroid dienone is 1. The van der Waals surface area contributed by atoms with Crippen molar-refractivity contribution in [2.75, 3.05) is 0 Å². The van der Waals surface area contributed by atoms with Crippen LogP contribution < -0.4 is 11.1 Å². The Hall–Kier alpha value is -1.85. The highest BCUT2D eigenvalue weighted by Crippen LogP contribution is 2.08. The van der Waals surface area contributed by atoms with Gasteiger partial charge in [0, 0.05) is 6.42 Å². The van der Waals surface area contributed by atoms with Gasteiger partial charge in [-0.2, -0.15) is 0 Å². The smallest absolute Gasteiger partial charge is 0.326 e. The molecule has 0 saturated carbocycles. The summed E-state index contributed by atoms with van der Waals surface area (Å²) in [5.41, 5.74) is 4.98. The molecule has 0 saturated heterocycles. The molecule has 0 fully saturated rings. The first-order valence-electron chi connectivity index (χ1n) is 8.45. The largest absolute Gasteiger partial charge is 0.480 e. The molecule has 1 atom stereocenters. The van der Waals surface area contributed by atoms with E-state index < -0.39 is 23.8 Å². The Labute approximate surface area is 138 Å². The quantitative estimate of drug-likeness (QED) is 0.336. The van der Waals surface area contributed by atoms with Crippen molar-refractivity contribution in [2.45, 2.75) is 77.2 Å². The van der Waals surface area contributed by atoms with E-state index in [2.05, 4.69) is 12.2 Å². The Balaban J connectivity index is 3.84. The van der Waals surface area contributed by atoms with Gasteiger partial charge in [-0.25, -0.2) is 4.79 Å². The molecule has 0 aliphatic carbocycles. The number of nitrogens with one attached hydrogen (secondary N) is 1. The van der Waals surface area contributed by atoms with Gasteiger partial charge in [-0.1, -0.05) is 51.5 Å². The molecule has 0 aliphatic rings. The Bertz CT molecular complexity index is 394. The van der Waals surface area contributed by atoms with Gasteiger partial charge >= 0.3 is 5.97 Å². The van der Waals surface area contributed by atoms with Crippen LogP contribution in [0, 0.1) is 0 Å². The van der Waals surface area contributed by atoms with Gasteiger partial charge in [0.05, 0.1) is 0 Å². The molecule has 0 spiro atoms. The van der Waals surface area contributed by atoms with Crippen LogP contribution >= 0.6 is 0 Å². The number of rotatable bonds is 14. The third kappa shape index (κ3) is 13.5. The Kier molecular flexibility index (Phi) is 12.7. The predicted octanol–water partition coefficient (Wildman–Crippen LogP) is 2.52. The van der Waals surface area contributed by atoms with Crippen LogP contribution in [0.5, 0.6) is 0 Å². The van der Waals surface area contributed by atoms with Crippen molar-refractivity contribution >= 4 is 17.8 Å². The second kappa shape index (κ2) is 13.8. The Morgan fingerprint density at radius 2 is 1.70 bits per heavy atom. The van der Waals surface area contributed by atoms with Gasteiger partial charge < -0.3 is 16.2 Å². The highest BCUT2D eigenvalue weighted by Gasteiger charge is 2.19. The minimum Gasteiger partial charge on any atom is -0.480 e. The minimum absolute atomic E-state index is 0.00199. The van der Waals surface area contributed by atoms with Gasteiger partial charge in [0.2, 0.25) is 11.8 Å². The normalized spacial score (nSPS) is 12.2. The van der Waals surface area contributed by atoms with E-state index in [-0.39, 0.29) is 12.8 Å². The Morgan fingerprint density at radius 1 is 1.09 bits per heavy atom. The molecule has 0 heterocycles. The van der Waals surface area contributed by atoms with Crippen molar-refractivity contribution in [3.8, 4) is 0 Å². The molecule has 6 heteroatoms. The maximum atomic E-state index is 11.6. The molecule has 0 aliphatic heterocycles. The molecule has 2 amide bonds. The van der Waals surface area contributed by atoms with Gasteiger partial charge in [0.1, 0.15) is 6.04 Å². The second-order valence-electron chi connectivity index (χ2n) is 5.72. The van der Waals surface area contributed by atoms with Crippen molar-refractivity contribution in [3.05, 3.63) is 12.2 Å². The summed E-state index contributed by atoms with van der Waals surface area (Å²) in [4.78, 5) is 33.3. The highest BCUT2D eigenvalue weighted by molar-refractivity contribution is 5.91. The maximum Gasteiger partial charge on any atom is 0.326 e. The summed E-state index contributed by atoms with van der Waals surface area (Å²) < 4.78 is 0. The molecule has 1 unspecified atom stereocenters. The number of carbonyl (C=O) groups is 3. The van der Waals surface area contributed by atoms with Crippen LogP contribution in [-0.4, -0.2) is 28.9 Å². The first-order chi connectivity index (χ1) is 11.0. The van der Waals surface area contributed by atoms with Crippen molar-refractivity contribution in [1.82, 2.24) is 5.32 Å². The third-order valence-electron chi connectivity index (χ3n) is 3.54. The number of carbonyl (C=O) groups excluding carboxylic acids is 2. The number of carboxylic acid groups (broad SMARTS) is 1. The fraction of sp³-hybridized carbons (Fsp3) is 0.706. The van der Waals surface area contributed by atoms with E-state index in [1.54, 1.807) is 6.08 Å². The number of hydrogen-bond acceptors (Lipinski definition) is 3. The summed E-state index contributed by atoms with van der Waals surface area (Å²) in [5.74, 6) is -2.20. The van der Waals surface area contributed by atoms with Crippen molar-refractivity contribution < 1.29 is 19.5 Å². The monoisotopic (exact) mass is 326 g/mol. The molecule has 0 rings (SSSR count). The number of aliphatic carboxylic acids is 1. The van der Waals surface area contributed by atoms with Gasteiger partial charge in [-0.15, -0.1) is 0 Å². The zero-order valence-corrected chi connectivity index (χ0v) is 14.1. The van der Waals surface area contributed by atoms with Crippen LogP contribution in [0.3, 0.4) is 0 Å². The second-order valence-corrected chi connectivity index (χ2v) is 5.72. The lowest BCUT2D eigenvalue weighted by Gasteiger charge is -2.11. The summed E-state index contributed by atoms with van der Waals surface area (Å²) in [5, 5.41) is 11.3. The maximum absolute atomic E-state index is 11.6. The zero-order valence-electron chi connectivity index (χ0n) is 14.1. The number of primary amides is 1. The van der Waals surface area contributed by atoms with Crippen LogP contribution in [0.2, 0.25) is 0 Å². The standard InChI is InChI=1S/C17H30N2O4/c1-2-3-4-5-6-7-8-9-10-11-16(21)19-14(17(22)23)12-13-15(18)20/h10-11,14H,2-9,12-13H2,1H3,(H2,18,20)(H,19,21)(H,22,23)/b11-10+. The van der Waals surface area contributed by atoms with Crippen LogP contribution in [0.4, 0.5) is 0 Å². The highest BCUT2D eigenvalue weighted by atomic mass is 16.4. The lowest BCUT2D eigenvalue weighted by Crippen LogP contribution is -2.40. The number of hydrogen-bond donors (Lipinski definition) is 3. The number of carboxylic acids is 1. The fourth-order valence-corrected chi connectivity index (χ4v) is 2.17. The zero-order chi connectivity index (χ0) is 17.5. The van der Waals surface area contributed by atoms with Crippen molar-refractivity contribution in [3.63, 3.8) is 0 Å². The third-order valence-corrected chi connectivity index (χ3v) is 3.54. The van der Waals surface area contributed by atoms with E-state index in [0.717, 1.165) is 19.3 Å².